The number of amides is 2. The molecule has 0 aromatic carbocycles. The second kappa shape index (κ2) is 6.45. The predicted molar refractivity (Wildman–Crippen MR) is 88.0 cm³/mol. The number of nitrogens with one attached hydrogen (secondary N) is 1. The lowest BCUT2D eigenvalue weighted by Gasteiger charge is -2.49. The van der Waals surface area contributed by atoms with Gasteiger partial charge in [0.05, 0.1) is 12.6 Å². The van der Waals surface area contributed by atoms with E-state index >= 15 is 0 Å². The van der Waals surface area contributed by atoms with Crippen LogP contribution in [0.25, 0.3) is 0 Å². The first-order valence-corrected chi connectivity index (χ1v) is 8.30. The van der Waals surface area contributed by atoms with Crippen LogP contribution in [0.4, 0.5) is 4.79 Å². The van der Waals surface area contributed by atoms with Gasteiger partial charge < -0.3 is 19.8 Å². The second-order valence-corrected chi connectivity index (χ2v) is 7.91. The Labute approximate surface area is 146 Å². The quantitative estimate of drug-likeness (QED) is 0.587. The van der Waals surface area contributed by atoms with Crippen LogP contribution in [0.15, 0.2) is 0 Å². The van der Waals surface area contributed by atoms with E-state index in [1.165, 1.54) is 16.7 Å². The molecule has 0 saturated carbocycles. The molecule has 0 bridgehead atoms. The van der Waals surface area contributed by atoms with Gasteiger partial charge in [0.15, 0.2) is 0 Å². The first-order valence-electron chi connectivity index (χ1n) is 8.30. The van der Waals surface area contributed by atoms with Crippen molar-refractivity contribution >= 4 is 18.0 Å². The SMILES string of the molecule is CC(O)C(NC1CN(C(=O)OC(C)(C)C)C2(C1)CN(C)C2=O)C(=O)O. The molecule has 9 nitrogen and oxygen atoms in total. The molecule has 2 amide bonds. The van der Waals surface area contributed by atoms with E-state index in [1.54, 1.807) is 27.8 Å². The number of β-lactam (4-membered cyclic amide) rings is 1. The van der Waals surface area contributed by atoms with Gasteiger partial charge in [0.2, 0.25) is 5.91 Å². The second-order valence-electron chi connectivity index (χ2n) is 7.91. The largest absolute Gasteiger partial charge is 0.480 e. The first-order chi connectivity index (χ1) is 11.4. The molecule has 3 N–H and O–H groups in total. The summed E-state index contributed by atoms with van der Waals surface area (Å²) < 4.78 is 5.41. The van der Waals surface area contributed by atoms with E-state index in [-0.39, 0.29) is 18.9 Å². The fourth-order valence-corrected chi connectivity index (χ4v) is 3.47. The van der Waals surface area contributed by atoms with Crippen molar-refractivity contribution in [3.05, 3.63) is 0 Å². The molecule has 0 radical (unpaired) electrons. The number of hydrogen-bond donors (Lipinski definition) is 3. The van der Waals surface area contributed by atoms with Crippen LogP contribution in [-0.4, -0.2) is 87.4 Å². The number of rotatable bonds is 4. The molecule has 2 fully saturated rings. The van der Waals surface area contributed by atoms with E-state index in [9.17, 15) is 24.6 Å². The van der Waals surface area contributed by atoms with Crippen molar-refractivity contribution < 1.29 is 29.3 Å². The number of likely N-dealkylation sites (N-methyl/N-ethyl adjacent to an activating group) is 1. The topological polar surface area (TPSA) is 119 Å². The summed E-state index contributed by atoms with van der Waals surface area (Å²) in [5.74, 6) is -1.37. The monoisotopic (exact) mass is 357 g/mol. The Hall–Kier alpha value is -1.87. The van der Waals surface area contributed by atoms with Crippen molar-refractivity contribution in [1.29, 1.82) is 0 Å². The van der Waals surface area contributed by atoms with Crippen LogP contribution in [0.3, 0.4) is 0 Å². The van der Waals surface area contributed by atoms with Crippen molar-refractivity contribution in [1.82, 2.24) is 15.1 Å². The number of aliphatic hydroxyl groups excluding tert-OH is 1. The lowest BCUT2D eigenvalue weighted by molar-refractivity contribution is -0.157. The average Bonchev–Trinajstić information content (AvgIpc) is 2.83. The summed E-state index contributed by atoms with van der Waals surface area (Å²) in [6.07, 6.45) is -1.42. The van der Waals surface area contributed by atoms with Crippen LogP contribution in [0, 0.1) is 0 Å². The number of likely N-dealkylation sites (tertiary alicyclic amines) is 2. The van der Waals surface area contributed by atoms with Gasteiger partial charge in [-0.25, -0.2) is 4.79 Å². The molecule has 2 saturated heterocycles. The van der Waals surface area contributed by atoms with Crippen molar-refractivity contribution in [2.75, 3.05) is 20.1 Å². The fourth-order valence-electron chi connectivity index (χ4n) is 3.47. The molecule has 4 atom stereocenters. The van der Waals surface area contributed by atoms with Crippen LogP contribution in [0.2, 0.25) is 0 Å². The summed E-state index contributed by atoms with van der Waals surface area (Å²) in [6, 6.07) is -1.60. The molecule has 25 heavy (non-hydrogen) atoms. The molecule has 1 spiro atoms. The number of carboxylic acids is 1. The zero-order chi connectivity index (χ0) is 19.2. The lowest BCUT2D eigenvalue weighted by Crippen LogP contribution is -2.71. The number of carbonyl (C=O) groups excluding carboxylic acids is 2. The summed E-state index contributed by atoms with van der Waals surface area (Å²) in [5, 5.41) is 21.7. The average molecular weight is 357 g/mol. The summed E-state index contributed by atoms with van der Waals surface area (Å²) in [7, 11) is 1.65. The lowest BCUT2D eigenvalue weighted by atomic mass is 9.85. The third kappa shape index (κ3) is 3.72. The van der Waals surface area contributed by atoms with Gasteiger partial charge in [-0.05, 0) is 34.1 Å². The maximum absolute atomic E-state index is 12.6. The number of carbonyl (C=O) groups is 3. The van der Waals surface area contributed by atoms with Crippen molar-refractivity contribution in [2.45, 2.75) is 63.4 Å². The molecule has 9 heteroatoms. The van der Waals surface area contributed by atoms with E-state index < -0.39 is 41.4 Å². The number of aliphatic carboxylic acids is 1. The molecule has 2 heterocycles. The zero-order valence-corrected chi connectivity index (χ0v) is 15.3. The van der Waals surface area contributed by atoms with Gasteiger partial charge in [-0.1, -0.05) is 0 Å². The smallest absolute Gasteiger partial charge is 0.411 e. The predicted octanol–water partition coefficient (Wildman–Crippen LogP) is -0.370. The Morgan fingerprint density at radius 1 is 1.40 bits per heavy atom. The van der Waals surface area contributed by atoms with Gasteiger partial charge in [-0.2, -0.15) is 0 Å². The number of hydrogen-bond acceptors (Lipinski definition) is 6. The minimum absolute atomic E-state index is 0.144. The first kappa shape index (κ1) is 19.5. The molecule has 2 aliphatic rings. The van der Waals surface area contributed by atoms with E-state index in [1.807, 2.05) is 0 Å². The Balaban J connectivity index is 2.19. The van der Waals surface area contributed by atoms with Gasteiger partial charge in [-0.15, -0.1) is 0 Å². The molecule has 4 unspecified atom stereocenters. The number of ether oxygens (including phenoxy) is 1. The van der Waals surface area contributed by atoms with Crippen LogP contribution in [-0.2, 0) is 14.3 Å². The minimum atomic E-state index is -1.18. The van der Waals surface area contributed by atoms with E-state index in [2.05, 4.69) is 5.32 Å². The van der Waals surface area contributed by atoms with Gasteiger partial charge in [-0.3, -0.25) is 19.8 Å². The third-order valence-corrected chi connectivity index (χ3v) is 4.52. The van der Waals surface area contributed by atoms with Gasteiger partial charge in [0, 0.05) is 19.6 Å². The highest BCUT2D eigenvalue weighted by Gasteiger charge is 2.62. The molecule has 2 aliphatic heterocycles. The maximum atomic E-state index is 12.6. The van der Waals surface area contributed by atoms with Gasteiger partial charge in [0.25, 0.3) is 0 Å². The van der Waals surface area contributed by atoms with E-state index in [0.29, 0.717) is 6.54 Å². The summed E-state index contributed by atoms with van der Waals surface area (Å²) in [6.45, 7) is 7.12. The van der Waals surface area contributed by atoms with E-state index in [0.717, 1.165) is 0 Å². The maximum Gasteiger partial charge on any atom is 0.411 e. The van der Waals surface area contributed by atoms with Gasteiger partial charge >= 0.3 is 12.1 Å². The normalized spacial score (nSPS) is 28.7. The Kier molecular flexibility index (Phi) is 5.02. The molecule has 0 aliphatic carbocycles. The molecular weight excluding hydrogens is 330 g/mol. The fraction of sp³-hybridized carbons (Fsp3) is 0.812. The third-order valence-electron chi connectivity index (χ3n) is 4.52. The Bertz CT molecular complexity index is 573. The highest BCUT2D eigenvalue weighted by atomic mass is 16.6. The number of aliphatic hydroxyl groups is 1. The molecular formula is C16H27N3O6. The van der Waals surface area contributed by atoms with Crippen molar-refractivity contribution in [2.24, 2.45) is 0 Å². The summed E-state index contributed by atoms with van der Waals surface area (Å²) >= 11 is 0. The number of carboxylic acid groups (broad SMARTS) is 1. The molecule has 142 valence electrons. The van der Waals surface area contributed by atoms with Crippen LogP contribution in [0.5, 0.6) is 0 Å². The standard InChI is InChI=1S/C16H27N3O6/c1-9(20)11(12(21)22)17-10-6-16(8-18(5)13(16)23)19(7-10)14(24)25-15(2,3)4/h9-11,17,20H,6-8H2,1-5H3,(H,21,22). The summed E-state index contributed by atoms with van der Waals surface area (Å²) in [5.41, 5.74) is -1.71. The van der Waals surface area contributed by atoms with Crippen molar-refractivity contribution in [3.63, 3.8) is 0 Å². The highest BCUT2D eigenvalue weighted by molar-refractivity contribution is 5.96. The van der Waals surface area contributed by atoms with Crippen LogP contribution in [0.1, 0.15) is 34.1 Å². The van der Waals surface area contributed by atoms with E-state index in [4.69, 9.17) is 4.74 Å². The molecule has 0 aromatic rings. The van der Waals surface area contributed by atoms with Gasteiger partial charge in [0.1, 0.15) is 17.2 Å². The van der Waals surface area contributed by atoms with Crippen LogP contribution < -0.4 is 5.32 Å². The minimum Gasteiger partial charge on any atom is -0.480 e. The zero-order valence-electron chi connectivity index (χ0n) is 15.3. The number of nitrogens with zero attached hydrogens (tertiary/aromatic N) is 2. The van der Waals surface area contributed by atoms with Crippen molar-refractivity contribution in [3.8, 4) is 0 Å². The Morgan fingerprint density at radius 2 is 2.00 bits per heavy atom. The molecule has 0 aromatic heterocycles. The highest BCUT2D eigenvalue weighted by Crippen LogP contribution is 2.39. The van der Waals surface area contributed by atoms with Crippen LogP contribution >= 0.6 is 0 Å². The molecule has 2 rings (SSSR count). The Morgan fingerprint density at radius 3 is 2.40 bits per heavy atom. The summed E-state index contributed by atoms with van der Waals surface area (Å²) in [4.78, 5) is 39.2.